The van der Waals surface area contributed by atoms with Gasteiger partial charge in [-0.25, -0.2) is 4.79 Å². The van der Waals surface area contributed by atoms with Crippen LogP contribution in [0, 0.1) is 5.92 Å². The third-order valence-electron chi connectivity index (χ3n) is 3.13. The summed E-state index contributed by atoms with van der Waals surface area (Å²) in [4.78, 5) is 35.6. The monoisotopic (exact) mass is 352 g/mol. The molecule has 0 heterocycles. The van der Waals surface area contributed by atoms with E-state index in [-0.39, 0.29) is 18.4 Å². The van der Waals surface area contributed by atoms with Crippen LogP contribution in [0.25, 0.3) is 0 Å². The maximum Gasteiger partial charge on any atom is 0.326 e. The van der Waals surface area contributed by atoms with E-state index in [4.69, 9.17) is 5.11 Å². The summed E-state index contributed by atoms with van der Waals surface area (Å²) in [6, 6.07) is 8.81. The molecule has 0 saturated carbocycles. The Bertz CT molecular complexity index is 549. The van der Waals surface area contributed by atoms with Crippen LogP contribution in [0.1, 0.15) is 26.7 Å². The van der Waals surface area contributed by atoms with E-state index in [9.17, 15) is 14.4 Å². The summed E-state index contributed by atoms with van der Waals surface area (Å²) in [5.41, 5.74) is 0. The van der Waals surface area contributed by atoms with Crippen LogP contribution in [0.2, 0.25) is 0 Å². The van der Waals surface area contributed by atoms with Crippen molar-refractivity contribution in [1.29, 1.82) is 0 Å². The largest absolute Gasteiger partial charge is 0.480 e. The molecule has 1 aromatic rings. The summed E-state index contributed by atoms with van der Waals surface area (Å²) in [6.45, 7) is 3.55. The standard InChI is InChI=1S/C17H24N2O4S/c1-12(2)10-14(17(22)23)19-16(21)11-18-15(20)8-9-24-13-6-4-3-5-7-13/h3-7,12,14H,8-11H2,1-2H3,(H,18,20)(H,19,21)(H,22,23)/t14-/m0/s1. The van der Waals surface area contributed by atoms with Crippen molar-refractivity contribution < 1.29 is 19.5 Å². The van der Waals surface area contributed by atoms with Gasteiger partial charge in [-0.1, -0.05) is 32.0 Å². The number of hydrogen-bond donors (Lipinski definition) is 3. The first-order valence-corrected chi connectivity index (χ1v) is 8.83. The lowest BCUT2D eigenvalue weighted by atomic mass is 10.0. The van der Waals surface area contributed by atoms with Gasteiger partial charge >= 0.3 is 5.97 Å². The molecular formula is C17H24N2O4S. The third kappa shape index (κ3) is 8.57. The van der Waals surface area contributed by atoms with Gasteiger partial charge in [-0.2, -0.15) is 0 Å². The Labute approximate surface area is 146 Å². The minimum absolute atomic E-state index is 0.149. The fourth-order valence-electron chi connectivity index (χ4n) is 1.98. The van der Waals surface area contributed by atoms with Crippen molar-refractivity contribution in [1.82, 2.24) is 10.6 Å². The fraction of sp³-hybridized carbons (Fsp3) is 0.471. The Balaban J connectivity index is 2.25. The summed E-state index contributed by atoms with van der Waals surface area (Å²) >= 11 is 1.57. The Hall–Kier alpha value is -2.02. The molecule has 0 spiro atoms. The van der Waals surface area contributed by atoms with Crippen molar-refractivity contribution in [2.24, 2.45) is 5.92 Å². The molecule has 1 rings (SSSR count). The van der Waals surface area contributed by atoms with E-state index in [0.29, 0.717) is 18.6 Å². The maximum absolute atomic E-state index is 11.7. The zero-order valence-corrected chi connectivity index (χ0v) is 14.8. The van der Waals surface area contributed by atoms with Gasteiger partial charge in [0.15, 0.2) is 0 Å². The topological polar surface area (TPSA) is 95.5 Å². The second kappa shape index (κ2) is 10.7. The van der Waals surface area contributed by atoms with Crippen molar-refractivity contribution >= 4 is 29.5 Å². The average Bonchev–Trinajstić information content (AvgIpc) is 2.53. The van der Waals surface area contributed by atoms with Crippen molar-refractivity contribution in [3.8, 4) is 0 Å². The highest BCUT2D eigenvalue weighted by Gasteiger charge is 2.21. The van der Waals surface area contributed by atoms with E-state index in [1.807, 2.05) is 44.2 Å². The van der Waals surface area contributed by atoms with Gasteiger partial charge in [0.05, 0.1) is 6.54 Å². The van der Waals surface area contributed by atoms with Crippen LogP contribution in [0.3, 0.4) is 0 Å². The number of carboxylic acids is 1. The molecule has 3 N–H and O–H groups in total. The van der Waals surface area contributed by atoms with Crippen LogP contribution in [0.15, 0.2) is 35.2 Å². The molecule has 0 fully saturated rings. The summed E-state index contributed by atoms with van der Waals surface area (Å²) in [5, 5.41) is 14.0. The molecule has 0 aliphatic heterocycles. The van der Waals surface area contributed by atoms with Gasteiger partial charge < -0.3 is 15.7 Å². The number of rotatable bonds is 10. The molecule has 0 aliphatic carbocycles. The van der Waals surface area contributed by atoms with Crippen LogP contribution < -0.4 is 10.6 Å². The highest BCUT2D eigenvalue weighted by Crippen LogP contribution is 2.17. The SMILES string of the molecule is CC(C)C[C@H](NC(=O)CNC(=O)CCSc1ccccc1)C(=O)O. The zero-order chi connectivity index (χ0) is 17.9. The average molecular weight is 352 g/mol. The summed E-state index contributed by atoms with van der Waals surface area (Å²) in [5.74, 6) is -1.03. The van der Waals surface area contributed by atoms with Gasteiger partial charge in [-0.15, -0.1) is 11.8 Å². The highest BCUT2D eigenvalue weighted by molar-refractivity contribution is 7.99. The highest BCUT2D eigenvalue weighted by atomic mass is 32.2. The molecule has 1 atom stereocenters. The molecule has 0 aromatic heterocycles. The summed E-state index contributed by atoms with van der Waals surface area (Å²) in [7, 11) is 0. The predicted octanol–water partition coefficient (Wildman–Crippen LogP) is 1.90. The first kappa shape index (κ1) is 20.0. The van der Waals surface area contributed by atoms with Crippen LogP contribution in [0.5, 0.6) is 0 Å². The van der Waals surface area contributed by atoms with Gasteiger partial charge in [0.1, 0.15) is 6.04 Å². The second-order valence-electron chi connectivity index (χ2n) is 5.78. The summed E-state index contributed by atoms with van der Waals surface area (Å²) in [6.07, 6.45) is 0.643. The maximum atomic E-state index is 11.7. The molecule has 0 bridgehead atoms. The number of carboxylic acid groups (broad SMARTS) is 1. The molecule has 7 heteroatoms. The minimum Gasteiger partial charge on any atom is -0.480 e. The number of benzene rings is 1. The Morgan fingerprint density at radius 3 is 2.38 bits per heavy atom. The van der Waals surface area contributed by atoms with Crippen molar-refractivity contribution in [2.45, 2.75) is 37.6 Å². The molecule has 24 heavy (non-hydrogen) atoms. The van der Waals surface area contributed by atoms with Gasteiger partial charge in [0, 0.05) is 17.1 Å². The van der Waals surface area contributed by atoms with Crippen molar-refractivity contribution in [2.75, 3.05) is 12.3 Å². The van der Waals surface area contributed by atoms with Gasteiger partial charge in [0.25, 0.3) is 0 Å². The Morgan fingerprint density at radius 2 is 1.79 bits per heavy atom. The lowest BCUT2D eigenvalue weighted by molar-refractivity contribution is -0.142. The molecule has 6 nitrogen and oxygen atoms in total. The Kier molecular flexibility index (Phi) is 8.93. The number of nitrogens with one attached hydrogen (secondary N) is 2. The lowest BCUT2D eigenvalue weighted by Crippen LogP contribution is -2.46. The first-order chi connectivity index (χ1) is 11.4. The molecule has 0 radical (unpaired) electrons. The van der Waals surface area contributed by atoms with Crippen molar-refractivity contribution in [3.63, 3.8) is 0 Å². The van der Waals surface area contributed by atoms with Gasteiger partial charge in [-0.05, 0) is 24.5 Å². The molecule has 0 aliphatic rings. The van der Waals surface area contributed by atoms with Gasteiger partial charge in [0.2, 0.25) is 11.8 Å². The van der Waals surface area contributed by atoms with Crippen LogP contribution in [0.4, 0.5) is 0 Å². The molecule has 0 saturated heterocycles. The second-order valence-corrected chi connectivity index (χ2v) is 6.94. The zero-order valence-electron chi connectivity index (χ0n) is 14.0. The molecule has 0 unspecified atom stereocenters. The third-order valence-corrected chi connectivity index (χ3v) is 4.14. The van der Waals surface area contributed by atoms with Crippen LogP contribution in [-0.2, 0) is 14.4 Å². The molecule has 2 amide bonds. The van der Waals surface area contributed by atoms with Crippen molar-refractivity contribution in [3.05, 3.63) is 30.3 Å². The van der Waals surface area contributed by atoms with E-state index < -0.39 is 17.9 Å². The molecular weight excluding hydrogens is 328 g/mol. The number of thioether (sulfide) groups is 1. The minimum atomic E-state index is -1.07. The molecule has 1 aromatic carbocycles. The summed E-state index contributed by atoms with van der Waals surface area (Å²) < 4.78 is 0. The lowest BCUT2D eigenvalue weighted by Gasteiger charge is -2.16. The van der Waals surface area contributed by atoms with Crippen LogP contribution >= 0.6 is 11.8 Å². The molecule has 132 valence electrons. The van der Waals surface area contributed by atoms with Crippen LogP contribution in [-0.4, -0.2) is 41.2 Å². The fourth-order valence-corrected chi connectivity index (χ4v) is 2.86. The number of carbonyl (C=O) groups is 3. The van der Waals surface area contributed by atoms with E-state index in [1.165, 1.54) is 0 Å². The number of hydrogen-bond acceptors (Lipinski definition) is 4. The smallest absolute Gasteiger partial charge is 0.326 e. The Morgan fingerprint density at radius 1 is 1.12 bits per heavy atom. The van der Waals surface area contributed by atoms with E-state index in [2.05, 4.69) is 10.6 Å². The quantitative estimate of drug-likeness (QED) is 0.559. The number of carbonyl (C=O) groups excluding carboxylic acids is 2. The van der Waals surface area contributed by atoms with E-state index >= 15 is 0 Å². The number of amides is 2. The normalized spacial score (nSPS) is 11.8. The first-order valence-electron chi connectivity index (χ1n) is 7.85. The van der Waals surface area contributed by atoms with E-state index in [1.54, 1.807) is 11.8 Å². The van der Waals surface area contributed by atoms with E-state index in [0.717, 1.165) is 4.90 Å². The predicted molar refractivity (Wildman–Crippen MR) is 93.8 cm³/mol. The number of aliphatic carboxylic acids is 1. The van der Waals surface area contributed by atoms with Gasteiger partial charge in [-0.3, -0.25) is 9.59 Å².